The topological polar surface area (TPSA) is 6.48 Å². The Balaban J connectivity index is 0.000000686. The monoisotopic (exact) mass is 428 g/mol. The molecular weight excluding hydrogens is 388 g/mol. The maximum Gasteiger partial charge on any atom is 0.0371 e. The fourth-order valence-electron chi connectivity index (χ4n) is 4.79. The summed E-state index contributed by atoms with van der Waals surface area (Å²) in [6.45, 7) is 11.4. The van der Waals surface area contributed by atoms with Crippen LogP contribution in [0.3, 0.4) is 0 Å². The Morgan fingerprint density at radius 1 is 0.719 bits per heavy atom. The molecule has 1 aliphatic carbocycles. The number of para-hydroxylation sites is 1. The summed E-state index contributed by atoms with van der Waals surface area (Å²) in [6, 6.07) is 32.1. The highest BCUT2D eigenvalue weighted by Gasteiger charge is 2.33. The lowest BCUT2D eigenvalue weighted by Gasteiger charge is -2.45. The van der Waals surface area contributed by atoms with Gasteiger partial charge in [0.2, 0.25) is 0 Å². The molecule has 1 aliphatic heterocycles. The van der Waals surface area contributed by atoms with Gasteiger partial charge >= 0.3 is 0 Å². The molecule has 170 valence electrons. The van der Waals surface area contributed by atoms with Crippen molar-refractivity contribution in [1.29, 1.82) is 0 Å². The number of hydrogen-bond acceptors (Lipinski definition) is 2. The Morgan fingerprint density at radius 3 is 1.78 bits per heavy atom. The molecule has 0 amide bonds. The second-order valence-electron chi connectivity index (χ2n) is 8.22. The third kappa shape index (κ3) is 5.81. The van der Waals surface area contributed by atoms with Crippen LogP contribution in [0.5, 0.6) is 0 Å². The van der Waals surface area contributed by atoms with E-state index in [1.165, 1.54) is 35.3 Å². The fourth-order valence-corrected chi connectivity index (χ4v) is 4.79. The van der Waals surface area contributed by atoms with Crippen molar-refractivity contribution in [2.24, 2.45) is 0 Å². The van der Waals surface area contributed by atoms with Gasteiger partial charge in [-0.2, -0.15) is 0 Å². The number of benzene rings is 3. The van der Waals surface area contributed by atoms with Crippen LogP contribution in [0.4, 0.5) is 5.69 Å². The van der Waals surface area contributed by atoms with E-state index in [1.807, 2.05) is 27.7 Å². The number of fused-ring (bicyclic) bond motifs is 1. The lowest BCUT2D eigenvalue weighted by atomic mass is 9.99. The molecule has 1 unspecified atom stereocenters. The van der Waals surface area contributed by atoms with Gasteiger partial charge in [-0.15, -0.1) is 0 Å². The number of likely N-dealkylation sites (tertiary alicyclic amines) is 1. The summed E-state index contributed by atoms with van der Waals surface area (Å²) in [5.41, 5.74) is 5.85. The van der Waals surface area contributed by atoms with Crippen molar-refractivity contribution >= 4 is 5.69 Å². The molecule has 2 nitrogen and oxygen atoms in total. The van der Waals surface area contributed by atoms with E-state index in [9.17, 15) is 0 Å². The molecule has 0 bridgehead atoms. The van der Waals surface area contributed by atoms with Crippen LogP contribution >= 0.6 is 0 Å². The van der Waals surface area contributed by atoms with Crippen molar-refractivity contribution in [2.45, 2.75) is 65.6 Å². The Hall–Kier alpha value is -2.58. The summed E-state index contributed by atoms with van der Waals surface area (Å²) in [5, 5.41) is 0. The van der Waals surface area contributed by atoms with Crippen LogP contribution in [0.25, 0.3) is 0 Å². The molecular formula is C30H40N2. The number of anilines is 1. The Kier molecular flexibility index (Phi) is 9.37. The van der Waals surface area contributed by atoms with Crippen LogP contribution in [0.1, 0.15) is 50.8 Å². The predicted molar refractivity (Wildman–Crippen MR) is 139 cm³/mol. The van der Waals surface area contributed by atoms with Gasteiger partial charge in [-0.3, -0.25) is 4.90 Å². The average molecular weight is 429 g/mol. The lowest BCUT2D eigenvalue weighted by molar-refractivity contribution is 0.0851. The van der Waals surface area contributed by atoms with E-state index in [1.54, 1.807) is 0 Å². The van der Waals surface area contributed by atoms with Crippen LogP contribution in [-0.2, 0) is 19.4 Å². The summed E-state index contributed by atoms with van der Waals surface area (Å²) in [6.07, 6.45) is 3.63. The first kappa shape index (κ1) is 24.1. The van der Waals surface area contributed by atoms with Gasteiger partial charge in [-0.1, -0.05) is 100 Å². The van der Waals surface area contributed by atoms with Crippen LogP contribution in [0, 0.1) is 0 Å². The van der Waals surface area contributed by atoms with Crippen molar-refractivity contribution in [1.82, 2.24) is 4.90 Å². The predicted octanol–water partition coefficient (Wildman–Crippen LogP) is 6.99. The third-order valence-corrected chi connectivity index (χ3v) is 6.46. The second-order valence-corrected chi connectivity index (χ2v) is 8.22. The van der Waals surface area contributed by atoms with E-state index >= 15 is 0 Å². The normalized spacial score (nSPS) is 17.2. The molecule has 32 heavy (non-hydrogen) atoms. The Morgan fingerprint density at radius 2 is 1.25 bits per heavy atom. The lowest BCUT2D eigenvalue weighted by Crippen LogP contribution is -2.55. The summed E-state index contributed by atoms with van der Waals surface area (Å²) < 4.78 is 0. The minimum Gasteiger partial charge on any atom is -0.366 e. The van der Waals surface area contributed by atoms with Crippen LogP contribution in [0.2, 0.25) is 0 Å². The fraction of sp³-hybridized carbons (Fsp3) is 0.400. The highest BCUT2D eigenvalue weighted by Crippen LogP contribution is 2.31. The minimum atomic E-state index is 0.568. The summed E-state index contributed by atoms with van der Waals surface area (Å²) in [5.74, 6) is 0. The molecule has 0 N–H and O–H groups in total. The number of rotatable bonds is 6. The highest BCUT2D eigenvalue weighted by molar-refractivity contribution is 5.50. The first-order valence-corrected chi connectivity index (χ1v) is 12.5. The van der Waals surface area contributed by atoms with Gasteiger partial charge in [-0.25, -0.2) is 0 Å². The summed E-state index contributed by atoms with van der Waals surface area (Å²) in [7, 11) is 0. The van der Waals surface area contributed by atoms with Crippen molar-refractivity contribution < 1.29 is 0 Å². The molecule has 1 heterocycles. The number of hydrogen-bond donors (Lipinski definition) is 0. The van der Waals surface area contributed by atoms with Crippen LogP contribution < -0.4 is 4.90 Å². The van der Waals surface area contributed by atoms with E-state index in [0.29, 0.717) is 12.1 Å². The second kappa shape index (κ2) is 12.5. The molecule has 1 fully saturated rings. The van der Waals surface area contributed by atoms with Gasteiger partial charge in [0.15, 0.2) is 0 Å². The van der Waals surface area contributed by atoms with Crippen LogP contribution in [-0.4, -0.2) is 30.1 Å². The van der Waals surface area contributed by atoms with Crippen LogP contribution in [0.15, 0.2) is 84.9 Å². The SMILES string of the molecule is CC.CC.c1ccc(CN2CCC2CN(c2ccccc2)C2Cc3ccccc3C2)cc1. The molecule has 0 saturated carbocycles. The van der Waals surface area contributed by atoms with Gasteiger partial charge < -0.3 is 4.90 Å². The maximum absolute atomic E-state index is 2.68. The molecule has 0 spiro atoms. The zero-order valence-corrected chi connectivity index (χ0v) is 20.4. The van der Waals surface area contributed by atoms with Crippen molar-refractivity contribution in [3.8, 4) is 0 Å². The zero-order valence-electron chi connectivity index (χ0n) is 20.4. The highest BCUT2D eigenvalue weighted by atomic mass is 15.3. The van der Waals surface area contributed by atoms with Gasteiger partial charge in [0.25, 0.3) is 0 Å². The quantitative estimate of drug-likeness (QED) is 0.417. The molecule has 2 heteroatoms. The maximum atomic E-state index is 2.68. The molecule has 1 saturated heterocycles. The Bertz CT molecular complexity index is 881. The van der Waals surface area contributed by atoms with E-state index in [2.05, 4.69) is 94.7 Å². The Labute approximate surface area is 195 Å². The van der Waals surface area contributed by atoms with Crippen molar-refractivity contribution in [2.75, 3.05) is 18.0 Å². The number of nitrogens with zero attached hydrogens (tertiary/aromatic N) is 2. The largest absolute Gasteiger partial charge is 0.366 e. The molecule has 1 atom stereocenters. The average Bonchev–Trinajstić information content (AvgIpc) is 3.30. The molecule has 5 rings (SSSR count). The van der Waals surface area contributed by atoms with Gasteiger partial charge in [-0.05, 0) is 48.1 Å². The molecule has 2 aliphatic rings. The molecule has 0 radical (unpaired) electrons. The molecule has 3 aromatic carbocycles. The van der Waals surface area contributed by atoms with Crippen molar-refractivity contribution in [3.05, 3.63) is 102 Å². The minimum absolute atomic E-state index is 0.568. The van der Waals surface area contributed by atoms with E-state index in [-0.39, 0.29) is 0 Å². The van der Waals surface area contributed by atoms with E-state index in [4.69, 9.17) is 0 Å². The van der Waals surface area contributed by atoms with Crippen molar-refractivity contribution in [3.63, 3.8) is 0 Å². The smallest absolute Gasteiger partial charge is 0.0371 e. The van der Waals surface area contributed by atoms with E-state index < -0.39 is 0 Å². The van der Waals surface area contributed by atoms with Gasteiger partial charge in [0.1, 0.15) is 0 Å². The summed E-state index contributed by atoms with van der Waals surface area (Å²) >= 11 is 0. The summed E-state index contributed by atoms with van der Waals surface area (Å²) in [4.78, 5) is 5.33. The first-order chi connectivity index (χ1) is 15.9. The zero-order chi connectivity index (χ0) is 22.8. The third-order valence-electron chi connectivity index (χ3n) is 6.46. The van der Waals surface area contributed by atoms with Gasteiger partial charge in [0, 0.05) is 37.4 Å². The molecule has 0 aromatic heterocycles. The standard InChI is InChI=1S/C26H28N2.2C2H6/c1-3-9-21(10-4-1)19-27-16-15-25(27)20-28(24-13-5-2-6-14-24)26-17-22-11-7-8-12-23(22)18-26;2*1-2/h1-14,25-26H,15-20H2;2*1-2H3. The van der Waals surface area contributed by atoms with E-state index in [0.717, 1.165) is 25.9 Å². The first-order valence-electron chi connectivity index (χ1n) is 12.5. The molecule has 3 aromatic rings. The van der Waals surface area contributed by atoms with Gasteiger partial charge in [0.05, 0.1) is 0 Å².